The molecule has 1 unspecified atom stereocenters. The minimum Gasteiger partial charge on any atom is -0.497 e. The van der Waals surface area contributed by atoms with E-state index in [2.05, 4.69) is 0 Å². The number of nitrogens with zero attached hydrogens (tertiary/aromatic N) is 1. The van der Waals surface area contributed by atoms with Gasteiger partial charge in [0.2, 0.25) is 5.91 Å². The number of likely N-dealkylation sites (tertiary alicyclic amines) is 1. The molecule has 2 fully saturated rings. The van der Waals surface area contributed by atoms with Crippen molar-refractivity contribution in [3.63, 3.8) is 0 Å². The molecule has 0 spiro atoms. The maximum atomic E-state index is 12.4. The highest BCUT2D eigenvalue weighted by atomic mass is 32.2. The summed E-state index contributed by atoms with van der Waals surface area (Å²) in [5, 5.41) is 0. The van der Waals surface area contributed by atoms with E-state index in [0.717, 1.165) is 24.3 Å². The van der Waals surface area contributed by atoms with Gasteiger partial charge in [0.25, 0.3) is 0 Å². The number of methoxy groups -OCH3 is 1. The number of amides is 1. The van der Waals surface area contributed by atoms with E-state index in [0.29, 0.717) is 25.9 Å². The minimum absolute atomic E-state index is 0.00854. The van der Waals surface area contributed by atoms with Crippen molar-refractivity contribution in [2.45, 2.75) is 31.8 Å². The Morgan fingerprint density at radius 1 is 1.12 bits per heavy atom. The molecule has 0 aliphatic carbocycles. The third kappa shape index (κ3) is 4.87. The van der Waals surface area contributed by atoms with Crippen molar-refractivity contribution in [1.82, 2.24) is 4.90 Å². The van der Waals surface area contributed by atoms with Crippen molar-refractivity contribution in [1.29, 1.82) is 0 Å². The van der Waals surface area contributed by atoms with E-state index in [1.165, 1.54) is 0 Å². The van der Waals surface area contributed by atoms with Crippen molar-refractivity contribution in [2.75, 3.05) is 31.7 Å². The summed E-state index contributed by atoms with van der Waals surface area (Å²) in [5.41, 5.74) is 0. The molecule has 0 bridgehead atoms. The molecular formula is C18H25NO5S. The predicted octanol–water partition coefficient (Wildman–Crippen LogP) is 1.89. The van der Waals surface area contributed by atoms with Gasteiger partial charge in [-0.1, -0.05) is 0 Å². The van der Waals surface area contributed by atoms with Crippen LogP contribution in [0.15, 0.2) is 24.3 Å². The van der Waals surface area contributed by atoms with Crippen LogP contribution in [-0.2, 0) is 14.6 Å². The minimum atomic E-state index is -2.92. The monoisotopic (exact) mass is 367 g/mol. The van der Waals surface area contributed by atoms with Crippen LogP contribution in [0.3, 0.4) is 0 Å². The van der Waals surface area contributed by atoms with Gasteiger partial charge in [0, 0.05) is 32.4 Å². The lowest BCUT2D eigenvalue weighted by atomic mass is 10.0. The van der Waals surface area contributed by atoms with Crippen molar-refractivity contribution in [3.05, 3.63) is 24.3 Å². The van der Waals surface area contributed by atoms with Gasteiger partial charge < -0.3 is 14.4 Å². The lowest BCUT2D eigenvalue weighted by Gasteiger charge is -2.32. The zero-order valence-electron chi connectivity index (χ0n) is 14.5. The first-order valence-corrected chi connectivity index (χ1v) is 10.6. The number of ether oxygens (including phenoxy) is 2. The second-order valence-electron chi connectivity index (χ2n) is 6.85. The predicted molar refractivity (Wildman–Crippen MR) is 94.6 cm³/mol. The number of carbonyl (C=O) groups is 1. The third-order valence-corrected chi connectivity index (χ3v) is 6.78. The molecule has 3 rings (SSSR count). The van der Waals surface area contributed by atoms with E-state index in [1.54, 1.807) is 7.11 Å². The van der Waals surface area contributed by atoms with Crippen molar-refractivity contribution in [3.8, 4) is 11.5 Å². The molecule has 0 N–H and O–H groups in total. The summed E-state index contributed by atoms with van der Waals surface area (Å²) in [7, 11) is -1.29. The Kier molecular flexibility index (Phi) is 5.51. The Hall–Kier alpha value is -1.76. The van der Waals surface area contributed by atoms with Crippen LogP contribution in [0.4, 0.5) is 0 Å². The number of hydrogen-bond donors (Lipinski definition) is 0. The van der Waals surface area contributed by atoms with Gasteiger partial charge in [-0.25, -0.2) is 8.42 Å². The summed E-state index contributed by atoms with van der Waals surface area (Å²) >= 11 is 0. The Balaban J connectivity index is 1.44. The molecule has 0 saturated carbocycles. The Bertz CT molecular complexity index is 693. The molecule has 6 nitrogen and oxygen atoms in total. The van der Waals surface area contributed by atoms with Gasteiger partial charge in [0.15, 0.2) is 9.84 Å². The molecular weight excluding hydrogens is 342 g/mol. The van der Waals surface area contributed by atoms with Crippen molar-refractivity contribution in [2.24, 2.45) is 5.92 Å². The number of hydrogen-bond acceptors (Lipinski definition) is 5. The molecule has 2 saturated heterocycles. The molecule has 1 aromatic carbocycles. The Morgan fingerprint density at radius 2 is 1.76 bits per heavy atom. The first kappa shape index (κ1) is 18.0. The van der Waals surface area contributed by atoms with E-state index in [9.17, 15) is 13.2 Å². The third-order valence-electron chi connectivity index (χ3n) is 4.95. The van der Waals surface area contributed by atoms with E-state index in [1.807, 2.05) is 29.2 Å². The molecule has 1 aromatic rings. The van der Waals surface area contributed by atoms with Crippen LogP contribution in [-0.4, -0.2) is 57.0 Å². The maximum Gasteiger partial charge on any atom is 0.222 e. The van der Waals surface area contributed by atoms with Crippen LogP contribution in [0.1, 0.15) is 25.7 Å². The zero-order valence-corrected chi connectivity index (χ0v) is 15.3. The number of sulfone groups is 1. The first-order valence-electron chi connectivity index (χ1n) is 8.74. The van der Waals surface area contributed by atoms with Crippen LogP contribution >= 0.6 is 0 Å². The summed E-state index contributed by atoms with van der Waals surface area (Å²) < 4.78 is 34.1. The van der Waals surface area contributed by atoms with Gasteiger partial charge in [0.05, 0.1) is 18.6 Å². The normalized spacial score (nSPS) is 23.4. The average molecular weight is 367 g/mol. The fourth-order valence-electron chi connectivity index (χ4n) is 3.48. The van der Waals surface area contributed by atoms with Gasteiger partial charge in [0.1, 0.15) is 17.6 Å². The molecule has 0 aromatic heterocycles. The van der Waals surface area contributed by atoms with Gasteiger partial charge in [-0.3, -0.25) is 4.79 Å². The molecule has 2 aliphatic heterocycles. The lowest BCUT2D eigenvalue weighted by Crippen LogP contribution is -2.42. The summed E-state index contributed by atoms with van der Waals surface area (Å²) in [4.78, 5) is 14.2. The Labute approximate surface area is 149 Å². The number of benzene rings is 1. The SMILES string of the molecule is COc1ccc(OC2CCN(C(=O)CC3CCS(=O)(=O)C3)CC2)cc1. The molecule has 7 heteroatoms. The summed E-state index contributed by atoms with van der Waals surface area (Å²) in [6, 6.07) is 7.50. The molecule has 2 heterocycles. The van der Waals surface area contributed by atoms with Crippen molar-refractivity contribution >= 4 is 15.7 Å². The average Bonchev–Trinajstić information content (AvgIpc) is 2.94. The van der Waals surface area contributed by atoms with E-state index in [4.69, 9.17) is 9.47 Å². The zero-order chi connectivity index (χ0) is 17.9. The smallest absolute Gasteiger partial charge is 0.222 e. The Morgan fingerprint density at radius 3 is 2.32 bits per heavy atom. The topological polar surface area (TPSA) is 72.9 Å². The van der Waals surface area contributed by atoms with E-state index < -0.39 is 9.84 Å². The summed E-state index contributed by atoms with van der Waals surface area (Å²) in [6.45, 7) is 1.33. The molecule has 25 heavy (non-hydrogen) atoms. The van der Waals surface area contributed by atoms with E-state index in [-0.39, 0.29) is 29.4 Å². The standard InChI is InChI=1S/C18H25NO5S/c1-23-15-2-4-16(5-3-15)24-17-6-9-19(10-7-17)18(20)12-14-8-11-25(21,22)13-14/h2-5,14,17H,6-13H2,1H3. The number of carbonyl (C=O) groups excluding carboxylic acids is 1. The highest BCUT2D eigenvalue weighted by Gasteiger charge is 2.32. The molecule has 1 atom stereocenters. The second-order valence-corrected chi connectivity index (χ2v) is 9.08. The lowest BCUT2D eigenvalue weighted by molar-refractivity contribution is -0.133. The highest BCUT2D eigenvalue weighted by molar-refractivity contribution is 7.91. The maximum absolute atomic E-state index is 12.4. The largest absolute Gasteiger partial charge is 0.497 e. The van der Waals surface area contributed by atoms with Gasteiger partial charge in [-0.2, -0.15) is 0 Å². The van der Waals surface area contributed by atoms with Crippen molar-refractivity contribution < 1.29 is 22.7 Å². The first-order chi connectivity index (χ1) is 11.9. The van der Waals surface area contributed by atoms with Gasteiger partial charge >= 0.3 is 0 Å². The highest BCUT2D eigenvalue weighted by Crippen LogP contribution is 2.25. The second kappa shape index (κ2) is 7.64. The molecule has 138 valence electrons. The number of rotatable bonds is 5. The fraction of sp³-hybridized carbons (Fsp3) is 0.611. The van der Waals surface area contributed by atoms with Crippen LogP contribution in [0.25, 0.3) is 0 Å². The summed E-state index contributed by atoms with van der Waals surface area (Å²) in [5.74, 6) is 2.05. The van der Waals surface area contributed by atoms with Crippen LogP contribution < -0.4 is 9.47 Å². The van der Waals surface area contributed by atoms with Crippen LogP contribution in [0.2, 0.25) is 0 Å². The quantitative estimate of drug-likeness (QED) is 0.795. The van der Waals surface area contributed by atoms with Crippen LogP contribution in [0, 0.1) is 5.92 Å². The van der Waals surface area contributed by atoms with Crippen LogP contribution in [0.5, 0.6) is 11.5 Å². The number of piperidine rings is 1. The van der Waals surface area contributed by atoms with Gasteiger partial charge in [-0.15, -0.1) is 0 Å². The molecule has 1 amide bonds. The fourth-order valence-corrected chi connectivity index (χ4v) is 5.34. The molecule has 2 aliphatic rings. The summed E-state index contributed by atoms with van der Waals surface area (Å²) in [6.07, 6.45) is 2.65. The van der Waals surface area contributed by atoms with E-state index >= 15 is 0 Å². The molecule has 0 radical (unpaired) electrons. The van der Waals surface area contributed by atoms with Gasteiger partial charge in [-0.05, 0) is 36.6 Å².